The molecular formula is C14H11N5O3. The van der Waals surface area contributed by atoms with Gasteiger partial charge in [-0.1, -0.05) is 12.1 Å². The molecule has 1 aromatic carbocycles. The van der Waals surface area contributed by atoms with Crippen LogP contribution in [0.25, 0.3) is 0 Å². The number of hydrazone groups is 1. The summed E-state index contributed by atoms with van der Waals surface area (Å²) in [6.45, 7) is 1.61. The summed E-state index contributed by atoms with van der Waals surface area (Å²) < 4.78 is 0. The lowest BCUT2D eigenvalue weighted by Crippen LogP contribution is -2.32. The molecule has 1 heterocycles. The van der Waals surface area contributed by atoms with Crippen LogP contribution in [0.15, 0.2) is 29.4 Å². The quantitative estimate of drug-likeness (QED) is 0.663. The maximum Gasteiger partial charge on any atom is 0.269 e. The number of nitro groups is 1. The van der Waals surface area contributed by atoms with Gasteiger partial charge >= 0.3 is 0 Å². The highest BCUT2D eigenvalue weighted by Gasteiger charge is 2.41. The predicted molar refractivity (Wildman–Crippen MR) is 75.3 cm³/mol. The Kier molecular flexibility index (Phi) is 4.14. The standard InChI is InChI=1S/C14H11N5O3/c1-8-12(14(20)18-17-8)13(10(6-15)7-16)9-3-2-4-11(5-9)19(21)22/h2-5,10,12-13H,1H3,(H,18,20)/t12-,13+/m0/s1. The van der Waals surface area contributed by atoms with E-state index in [4.69, 9.17) is 0 Å². The van der Waals surface area contributed by atoms with Crippen LogP contribution in [-0.2, 0) is 4.79 Å². The number of nitrogens with zero attached hydrogens (tertiary/aromatic N) is 4. The van der Waals surface area contributed by atoms with Gasteiger partial charge in [0.15, 0.2) is 0 Å². The van der Waals surface area contributed by atoms with E-state index in [0.717, 1.165) is 0 Å². The average Bonchev–Trinajstić information content (AvgIpc) is 2.84. The zero-order valence-corrected chi connectivity index (χ0v) is 11.6. The van der Waals surface area contributed by atoms with Gasteiger partial charge in [-0.15, -0.1) is 0 Å². The SMILES string of the molecule is CC1=NNC(=O)[C@@H]1[C@H](c1cccc([N+](=O)[O-])c1)C(C#N)C#N. The highest BCUT2D eigenvalue weighted by Crippen LogP contribution is 2.36. The predicted octanol–water partition coefficient (Wildman–Crippen LogP) is 1.46. The molecule has 0 saturated heterocycles. The molecule has 22 heavy (non-hydrogen) atoms. The third-order valence-electron chi connectivity index (χ3n) is 3.54. The summed E-state index contributed by atoms with van der Waals surface area (Å²) in [6.07, 6.45) is 0. The van der Waals surface area contributed by atoms with E-state index in [2.05, 4.69) is 10.5 Å². The topological polar surface area (TPSA) is 132 Å². The first-order valence-electron chi connectivity index (χ1n) is 6.37. The van der Waals surface area contributed by atoms with E-state index in [1.807, 2.05) is 12.1 Å². The lowest BCUT2D eigenvalue weighted by Gasteiger charge is -2.22. The molecule has 0 bridgehead atoms. The molecule has 0 unspecified atom stereocenters. The van der Waals surface area contributed by atoms with Gasteiger partial charge in [-0.2, -0.15) is 15.6 Å². The van der Waals surface area contributed by atoms with Gasteiger partial charge in [-0.3, -0.25) is 14.9 Å². The minimum Gasteiger partial charge on any atom is -0.272 e. The van der Waals surface area contributed by atoms with Gasteiger partial charge in [-0.05, 0) is 12.5 Å². The Morgan fingerprint density at radius 2 is 2.09 bits per heavy atom. The average molecular weight is 297 g/mol. The second-order valence-electron chi connectivity index (χ2n) is 4.82. The number of nitro benzene ring substituents is 1. The molecular weight excluding hydrogens is 286 g/mol. The minimum atomic E-state index is -1.12. The summed E-state index contributed by atoms with van der Waals surface area (Å²) in [7, 11) is 0. The first-order chi connectivity index (χ1) is 10.5. The molecule has 8 nitrogen and oxygen atoms in total. The van der Waals surface area contributed by atoms with Crippen LogP contribution < -0.4 is 5.43 Å². The second-order valence-corrected chi connectivity index (χ2v) is 4.82. The van der Waals surface area contributed by atoms with Crippen molar-refractivity contribution in [3.8, 4) is 12.1 Å². The van der Waals surface area contributed by atoms with E-state index < -0.39 is 28.6 Å². The maximum atomic E-state index is 12.0. The van der Waals surface area contributed by atoms with Crippen molar-refractivity contribution in [1.29, 1.82) is 10.5 Å². The Hall–Kier alpha value is -3.26. The molecule has 1 aliphatic heterocycles. The fourth-order valence-electron chi connectivity index (χ4n) is 2.51. The number of rotatable bonds is 4. The Morgan fingerprint density at radius 3 is 2.59 bits per heavy atom. The summed E-state index contributed by atoms with van der Waals surface area (Å²) in [5, 5.41) is 33.1. The second kappa shape index (κ2) is 6.02. The van der Waals surface area contributed by atoms with Crippen LogP contribution in [0, 0.1) is 44.6 Å². The summed E-state index contributed by atoms with van der Waals surface area (Å²) in [6, 6.07) is 9.33. The van der Waals surface area contributed by atoms with Crippen LogP contribution in [0.2, 0.25) is 0 Å². The lowest BCUT2D eigenvalue weighted by atomic mass is 9.76. The van der Waals surface area contributed by atoms with Crippen LogP contribution in [-0.4, -0.2) is 16.5 Å². The van der Waals surface area contributed by atoms with E-state index in [1.54, 1.807) is 13.0 Å². The molecule has 1 aliphatic rings. The van der Waals surface area contributed by atoms with Crippen molar-refractivity contribution in [2.45, 2.75) is 12.8 Å². The fourth-order valence-corrected chi connectivity index (χ4v) is 2.51. The highest BCUT2D eigenvalue weighted by molar-refractivity contribution is 6.07. The third kappa shape index (κ3) is 2.63. The Morgan fingerprint density at radius 1 is 1.41 bits per heavy atom. The molecule has 8 heteroatoms. The number of nitriles is 2. The number of hydrogen-bond acceptors (Lipinski definition) is 6. The normalized spacial score (nSPS) is 18.1. The monoisotopic (exact) mass is 297 g/mol. The van der Waals surface area contributed by atoms with Crippen molar-refractivity contribution in [2.24, 2.45) is 16.9 Å². The van der Waals surface area contributed by atoms with Gasteiger partial charge in [-0.25, -0.2) is 5.43 Å². The molecule has 1 N–H and O–H groups in total. The smallest absolute Gasteiger partial charge is 0.269 e. The van der Waals surface area contributed by atoms with Crippen molar-refractivity contribution < 1.29 is 9.72 Å². The largest absolute Gasteiger partial charge is 0.272 e. The first-order valence-corrected chi connectivity index (χ1v) is 6.37. The van der Waals surface area contributed by atoms with Gasteiger partial charge < -0.3 is 0 Å². The fraction of sp³-hybridized carbons (Fsp3) is 0.286. The van der Waals surface area contributed by atoms with Crippen molar-refractivity contribution in [2.75, 3.05) is 0 Å². The van der Waals surface area contributed by atoms with Gasteiger partial charge in [0.25, 0.3) is 5.69 Å². The van der Waals surface area contributed by atoms with Crippen molar-refractivity contribution in [1.82, 2.24) is 5.43 Å². The Bertz CT molecular complexity index is 730. The molecule has 0 spiro atoms. The van der Waals surface area contributed by atoms with Gasteiger partial charge in [0.05, 0.1) is 23.0 Å². The van der Waals surface area contributed by atoms with E-state index in [9.17, 15) is 25.4 Å². The van der Waals surface area contributed by atoms with Crippen LogP contribution in [0.3, 0.4) is 0 Å². The first kappa shape index (κ1) is 15.1. The summed E-state index contributed by atoms with van der Waals surface area (Å²) >= 11 is 0. The number of amides is 1. The molecule has 0 aromatic heterocycles. The zero-order chi connectivity index (χ0) is 16.3. The van der Waals surface area contributed by atoms with Crippen molar-refractivity contribution >= 4 is 17.3 Å². The highest BCUT2D eigenvalue weighted by atomic mass is 16.6. The molecule has 0 fully saturated rings. The van der Waals surface area contributed by atoms with E-state index in [0.29, 0.717) is 11.3 Å². The van der Waals surface area contributed by atoms with Crippen LogP contribution in [0.5, 0.6) is 0 Å². The molecule has 0 radical (unpaired) electrons. The van der Waals surface area contributed by atoms with Crippen LogP contribution in [0.4, 0.5) is 5.69 Å². The van der Waals surface area contributed by atoms with Gasteiger partial charge in [0.1, 0.15) is 5.92 Å². The molecule has 0 saturated carbocycles. The number of hydrogen-bond donors (Lipinski definition) is 1. The Balaban J connectivity index is 2.55. The van der Waals surface area contributed by atoms with Crippen molar-refractivity contribution in [3.05, 3.63) is 39.9 Å². The minimum absolute atomic E-state index is 0.162. The molecule has 110 valence electrons. The van der Waals surface area contributed by atoms with E-state index >= 15 is 0 Å². The van der Waals surface area contributed by atoms with E-state index in [-0.39, 0.29) is 5.69 Å². The number of benzene rings is 1. The number of carbonyl (C=O) groups excluding carboxylic acids is 1. The van der Waals surface area contributed by atoms with Crippen LogP contribution >= 0.6 is 0 Å². The molecule has 1 amide bonds. The van der Waals surface area contributed by atoms with Gasteiger partial charge in [0.2, 0.25) is 5.91 Å². The van der Waals surface area contributed by atoms with Crippen molar-refractivity contribution in [3.63, 3.8) is 0 Å². The number of nitrogens with one attached hydrogen (secondary N) is 1. The molecule has 2 rings (SSSR count). The lowest BCUT2D eigenvalue weighted by molar-refractivity contribution is -0.384. The summed E-state index contributed by atoms with van der Waals surface area (Å²) in [5.74, 6) is -3.17. The third-order valence-corrected chi connectivity index (χ3v) is 3.54. The van der Waals surface area contributed by atoms with Gasteiger partial charge in [0, 0.05) is 23.8 Å². The summed E-state index contributed by atoms with van der Waals surface area (Å²) in [4.78, 5) is 22.3. The zero-order valence-electron chi connectivity index (χ0n) is 11.6. The van der Waals surface area contributed by atoms with E-state index in [1.165, 1.54) is 18.2 Å². The molecule has 0 aliphatic carbocycles. The maximum absolute atomic E-state index is 12.0. The molecule has 1 aromatic rings. The summed E-state index contributed by atoms with van der Waals surface area (Å²) in [5.41, 5.74) is 2.97. The number of carbonyl (C=O) groups is 1. The number of non-ortho nitro benzene ring substituents is 1. The van der Waals surface area contributed by atoms with Crippen LogP contribution in [0.1, 0.15) is 18.4 Å². The Labute approximate surface area is 125 Å². The molecule has 2 atom stereocenters.